The molecule has 4 N–H and O–H groups in total. The van der Waals surface area contributed by atoms with Crippen molar-refractivity contribution in [1.29, 1.82) is 0 Å². The van der Waals surface area contributed by atoms with Crippen LogP contribution in [-0.2, 0) is 9.53 Å². The summed E-state index contributed by atoms with van der Waals surface area (Å²) in [5.74, 6) is -0.0908. The number of para-hydroxylation sites is 1. The van der Waals surface area contributed by atoms with Crippen molar-refractivity contribution in [3.63, 3.8) is 0 Å². The van der Waals surface area contributed by atoms with Crippen molar-refractivity contribution < 1.29 is 14.3 Å². The molecule has 3 rings (SSSR count). The molecule has 1 fully saturated rings. The van der Waals surface area contributed by atoms with Crippen LogP contribution in [0.4, 0.5) is 21.9 Å². The fourth-order valence-electron chi connectivity index (χ4n) is 2.83. The molecule has 1 unspecified atom stereocenters. The summed E-state index contributed by atoms with van der Waals surface area (Å²) in [5, 5.41) is 11.7. The Balaban J connectivity index is 1.58. The minimum Gasteiger partial charge on any atom is -0.378 e. The number of nitrogens with one attached hydrogen (secondary N) is 4. The molecule has 0 bridgehead atoms. The smallest absolute Gasteiger partial charge is 0.323 e. The molecule has 7 nitrogen and oxygen atoms in total. The van der Waals surface area contributed by atoms with E-state index in [4.69, 9.17) is 4.74 Å². The average Bonchev–Trinajstić information content (AvgIpc) is 2.66. The summed E-state index contributed by atoms with van der Waals surface area (Å²) in [6, 6.07) is 14.3. The molecule has 1 heterocycles. The van der Waals surface area contributed by atoms with Crippen molar-refractivity contribution in [2.24, 2.45) is 0 Å². The summed E-state index contributed by atoms with van der Waals surface area (Å²) >= 11 is 0. The highest BCUT2D eigenvalue weighted by atomic mass is 16.5. The number of benzene rings is 2. The van der Waals surface area contributed by atoms with Gasteiger partial charge in [-0.2, -0.15) is 0 Å². The number of carbonyl (C=O) groups excluding carboxylic acids is 2. The highest BCUT2D eigenvalue weighted by Crippen LogP contribution is 2.21. The van der Waals surface area contributed by atoms with Gasteiger partial charge in [-0.25, -0.2) is 4.79 Å². The van der Waals surface area contributed by atoms with Gasteiger partial charge in [0.2, 0.25) is 5.91 Å². The van der Waals surface area contributed by atoms with Crippen molar-refractivity contribution in [3.8, 4) is 0 Å². The van der Waals surface area contributed by atoms with Gasteiger partial charge in [-0.05, 0) is 36.8 Å². The summed E-state index contributed by atoms with van der Waals surface area (Å²) in [7, 11) is 0. The zero-order valence-corrected chi connectivity index (χ0v) is 15.2. The molecule has 27 heavy (non-hydrogen) atoms. The van der Waals surface area contributed by atoms with Gasteiger partial charge in [0, 0.05) is 36.1 Å². The van der Waals surface area contributed by atoms with Gasteiger partial charge in [0.15, 0.2) is 0 Å². The first-order chi connectivity index (χ1) is 13.1. The van der Waals surface area contributed by atoms with Gasteiger partial charge < -0.3 is 26.0 Å². The van der Waals surface area contributed by atoms with Crippen LogP contribution in [0.15, 0.2) is 48.5 Å². The standard InChI is InChI=1S/C20H24N4O3/c1-14-7-8-16(23-20(26)22-15-5-3-2-4-6-15)11-18(14)24-19(25)12-17-13-27-10-9-21-17/h2-8,11,17,21H,9-10,12-13H2,1H3,(H,24,25)(H2,22,23,26). The van der Waals surface area contributed by atoms with E-state index in [0.717, 1.165) is 12.1 Å². The number of anilines is 3. The molecular weight excluding hydrogens is 344 g/mol. The lowest BCUT2D eigenvalue weighted by molar-refractivity contribution is -0.117. The van der Waals surface area contributed by atoms with Gasteiger partial charge in [0.25, 0.3) is 0 Å². The molecule has 1 aliphatic rings. The molecule has 1 saturated heterocycles. The van der Waals surface area contributed by atoms with E-state index in [2.05, 4.69) is 21.3 Å². The molecule has 2 aromatic rings. The van der Waals surface area contributed by atoms with Crippen LogP contribution < -0.4 is 21.3 Å². The third-order valence-corrected chi connectivity index (χ3v) is 4.23. The lowest BCUT2D eigenvalue weighted by Gasteiger charge is -2.23. The third-order valence-electron chi connectivity index (χ3n) is 4.23. The van der Waals surface area contributed by atoms with Gasteiger partial charge in [0.1, 0.15) is 0 Å². The second-order valence-corrected chi connectivity index (χ2v) is 6.45. The van der Waals surface area contributed by atoms with Crippen molar-refractivity contribution in [1.82, 2.24) is 5.32 Å². The molecule has 0 saturated carbocycles. The van der Waals surface area contributed by atoms with E-state index in [1.807, 2.05) is 43.3 Å². The summed E-state index contributed by atoms with van der Waals surface area (Å²) < 4.78 is 5.37. The van der Waals surface area contributed by atoms with Crippen LogP contribution in [0, 0.1) is 6.92 Å². The Morgan fingerprint density at radius 3 is 2.59 bits per heavy atom. The highest BCUT2D eigenvalue weighted by Gasteiger charge is 2.17. The van der Waals surface area contributed by atoms with Crippen LogP contribution >= 0.6 is 0 Å². The number of amides is 3. The molecule has 1 atom stereocenters. The Labute approximate surface area is 158 Å². The van der Waals surface area contributed by atoms with E-state index in [-0.39, 0.29) is 18.0 Å². The van der Waals surface area contributed by atoms with Crippen molar-refractivity contribution in [2.45, 2.75) is 19.4 Å². The molecule has 0 spiro atoms. The normalized spacial score (nSPS) is 16.4. The van der Waals surface area contributed by atoms with Gasteiger partial charge >= 0.3 is 6.03 Å². The number of hydrogen-bond acceptors (Lipinski definition) is 4. The molecular formula is C20H24N4O3. The maximum absolute atomic E-state index is 12.3. The van der Waals surface area contributed by atoms with Crippen LogP contribution in [0.5, 0.6) is 0 Å². The lowest BCUT2D eigenvalue weighted by atomic mass is 10.1. The Hall–Kier alpha value is -2.90. The number of carbonyl (C=O) groups is 2. The minimum absolute atomic E-state index is 0.0250. The molecule has 0 radical (unpaired) electrons. The van der Waals surface area contributed by atoms with Crippen molar-refractivity contribution in [3.05, 3.63) is 54.1 Å². The Morgan fingerprint density at radius 1 is 1.07 bits per heavy atom. The maximum Gasteiger partial charge on any atom is 0.323 e. The van der Waals surface area contributed by atoms with E-state index in [1.54, 1.807) is 12.1 Å². The zero-order valence-electron chi connectivity index (χ0n) is 15.2. The largest absolute Gasteiger partial charge is 0.378 e. The Morgan fingerprint density at radius 2 is 1.85 bits per heavy atom. The molecule has 142 valence electrons. The second-order valence-electron chi connectivity index (χ2n) is 6.45. The fraction of sp³-hybridized carbons (Fsp3) is 0.300. The SMILES string of the molecule is Cc1ccc(NC(=O)Nc2ccccc2)cc1NC(=O)CC1COCCN1. The van der Waals surface area contributed by atoms with Gasteiger partial charge in [-0.1, -0.05) is 24.3 Å². The third kappa shape index (κ3) is 5.80. The number of morpholine rings is 1. The summed E-state index contributed by atoms with van der Waals surface area (Å²) in [6.07, 6.45) is 0.339. The van der Waals surface area contributed by atoms with Gasteiger partial charge in [-0.15, -0.1) is 0 Å². The number of ether oxygens (including phenoxy) is 1. The predicted octanol–water partition coefficient (Wildman–Crippen LogP) is 2.96. The van der Waals surface area contributed by atoms with Crippen molar-refractivity contribution >= 4 is 29.0 Å². The van der Waals surface area contributed by atoms with E-state index in [1.165, 1.54) is 0 Å². The Kier molecular flexibility index (Phi) is 6.40. The first kappa shape index (κ1) is 18.9. The maximum atomic E-state index is 12.3. The number of rotatable bonds is 5. The topological polar surface area (TPSA) is 91.5 Å². The van der Waals surface area contributed by atoms with E-state index in [0.29, 0.717) is 36.7 Å². The summed E-state index contributed by atoms with van der Waals surface area (Å²) in [6.45, 7) is 3.88. The molecule has 3 amide bonds. The van der Waals surface area contributed by atoms with E-state index in [9.17, 15) is 9.59 Å². The quantitative estimate of drug-likeness (QED) is 0.653. The zero-order chi connectivity index (χ0) is 19.1. The monoisotopic (exact) mass is 368 g/mol. The molecule has 1 aliphatic heterocycles. The fourth-order valence-corrected chi connectivity index (χ4v) is 2.83. The van der Waals surface area contributed by atoms with Crippen molar-refractivity contribution in [2.75, 3.05) is 35.7 Å². The first-order valence-corrected chi connectivity index (χ1v) is 8.95. The number of aryl methyl sites for hydroxylation is 1. The van der Waals surface area contributed by atoms with Crippen LogP contribution in [0.1, 0.15) is 12.0 Å². The lowest BCUT2D eigenvalue weighted by Crippen LogP contribution is -2.43. The van der Waals surface area contributed by atoms with Crippen LogP contribution in [0.2, 0.25) is 0 Å². The van der Waals surface area contributed by atoms with Crippen LogP contribution in [0.3, 0.4) is 0 Å². The van der Waals surface area contributed by atoms with E-state index >= 15 is 0 Å². The predicted molar refractivity (Wildman–Crippen MR) is 106 cm³/mol. The van der Waals surface area contributed by atoms with E-state index < -0.39 is 0 Å². The molecule has 2 aromatic carbocycles. The van der Waals surface area contributed by atoms with Gasteiger partial charge in [0.05, 0.1) is 13.2 Å². The average molecular weight is 368 g/mol. The second kappa shape index (κ2) is 9.16. The summed E-state index contributed by atoms with van der Waals surface area (Å²) in [5.41, 5.74) is 2.90. The number of hydrogen-bond donors (Lipinski definition) is 4. The van der Waals surface area contributed by atoms with Crippen LogP contribution in [0.25, 0.3) is 0 Å². The highest BCUT2D eigenvalue weighted by molar-refractivity contribution is 6.00. The summed E-state index contributed by atoms with van der Waals surface area (Å²) in [4.78, 5) is 24.4. The first-order valence-electron chi connectivity index (χ1n) is 8.95. The minimum atomic E-state index is -0.342. The molecule has 0 aliphatic carbocycles. The van der Waals surface area contributed by atoms with Crippen LogP contribution in [-0.4, -0.2) is 37.7 Å². The molecule has 7 heteroatoms. The number of urea groups is 1. The molecule has 0 aromatic heterocycles. The Bertz CT molecular complexity index is 789. The van der Waals surface area contributed by atoms with Gasteiger partial charge in [-0.3, -0.25) is 4.79 Å².